The summed E-state index contributed by atoms with van der Waals surface area (Å²) in [5.41, 5.74) is 0.993. The maximum Gasteiger partial charge on any atom is 0.410 e. The van der Waals surface area contributed by atoms with Crippen molar-refractivity contribution in [2.45, 2.75) is 32.8 Å². The van der Waals surface area contributed by atoms with E-state index in [9.17, 15) is 9.90 Å². The van der Waals surface area contributed by atoms with Gasteiger partial charge in [-0.25, -0.2) is 4.79 Å². The lowest BCUT2D eigenvalue weighted by molar-refractivity contribution is 0.0299. The molecule has 1 heterocycles. The zero-order valence-corrected chi connectivity index (χ0v) is 12.0. The van der Waals surface area contributed by atoms with Crippen LogP contribution in [0.1, 0.15) is 31.7 Å². The van der Waals surface area contributed by atoms with Crippen molar-refractivity contribution in [1.29, 1.82) is 0 Å². The fourth-order valence-electron chi connectivity index (χ4n) is 2.60. The Hall–Kier alpha value is -1.55. The predicted octanol–water partition coefficient (Wildman–Crippen LogP) is 2.81. The van der Waals surface area contributed by atoms with Crippen LogP contribution < -0.4 is 0 Å². The fraction of sp³-hybridized carbons (Fsp3) is 0.562. The molecule has 1 aliphatic heterocycles. The number of rotatable bonds is 4. The van der Waals surface area contributed by atoms with Gasteiger partial charge in [-0.15, -0.1) is 0 Å². The van der Waals surface area contributed by atoms with E-state index in [0.717, 1.165) is 24.8 Å². The summed E-state index contributed by atoms with van der Waals surface area (Å²) in [5, 5.41) is 9.48. The number of aliphatic hydroxyl groups is 1. The van der Waals surface area contributed by atoms with E-state index in [1.807, 2.05) is 30.3 Å². The molecule has 0 bridgehead atoms. The number of hydrogen-bond acceptors (Lipinski definition) is 3. The van der Waals surface area contributed by atoms with Crippen molar-refractivity contribution in [2.75, 3.05) is 19.7 Å². The van der Waals surface area contributed by atoms with Gasteiger partial charge in [0.25, 0.3) is 0 Å². The molecule has 1 amide bonds. The van der Waals surface area contributed by atoms with Gasteiger partial charge in [0.05, 0.1) is 0 Å². The van der Waals surface area contributed by atoms with Crippen LogP contribution >= 0.6 is 0 Å². The minimum absolute atomic E-state index is 0.00376. The van der Waals surface area contributed by atoms with Gasteiger partial charge >= 0.3 is 6.09 Å². The number of ether oxygens (including phenoxy) is 1. The van der Waals surface area contributed by atoms with Crippen molar-refractivity contribution in [3.8, 4) is 0 Å². The van der Waals surface area contributed by atoms with Crippen molar-refractivity contribution in [1.82, 2.24) is 4.90 Å². The van der Waals surface area contributed by atoms with Gasteiger partial charge in [-0.05, 0) is 30.2 Å². The summed E-state index contributed by atoms with van der Waals surface area (Å²) >= 11 is 0. The molecule has 20 heavy (non-hydrogen) atoms. The van der Waals surface area contributed by atoms with Gasteiger partial charge in [0, 0.05) is 19.7 Å². The zero-order chi connectivity index (χ0) is 14.4. The van der Waals surface area contributed by atoms with E-state index in [4.69, 9.17) is 4.74 Å². The Labute approximate surface area is 120 Å². The molecular formula is C16H23NO3. The second-order valence-corrected chi connectivity index (χ2v) is 5.54. The average Bonchev–Trinajstić information content (AvgIpc) is 2.53. The second-order valence-electron chi connectivity index (χ2n) is 5.54. The molecule has 0 unspecified atom stereocenters. The Morgan fingerprint density at radius 1 is 1.30 bits per heavy atom. The van der Waals surface area contributed by atoms with Gasteiger partial charge in [-0.2, -0.15) is 0 Å². The van der Waals surface area contributed by atoms with Gasteiger partial charge in [-0.3, -0.25) is 0 Å². The van der Waals surface area contributed by atoms with Crippen LogP contribution in [0, 0.1) is 5.41 Å². The third kappa shape index (κ3) is 3.51. The highest BCUT2D eigenvalue weighted by Gasteiger charge is 2.34. The summed E-state index contributed by atoms with van der Waals surface area (Å²) < 4.78 is 5.33. The number of benzene rings is 1. The molecule has 4 heteroatoms. The lowest BCUT2D eigenvalue weighted by atomic mass is 9.77. The topological polar surface area (TPSA) is 49.8 Å². The number of likely N-dealkylation sites (tertiary alicyclic amines) is 1. The molecule has 0 saturated carbocycles. The van der Waals surface area contributed by atoms with Crippen LogP contribution in [0.25, 0.3) is 0 Å². The van der Waals surface area contributed by atoms with Crippen LogP contribution in [0.3, 0.4) is 0 Å². The number of nitrogens with zero attached hydrogens (tertiary/aromatic N) is 1. The van der Waals surface area contributed by atoms with E-state index in [2.05, 4.69) is 6.92 Å². The number of hydrogen-bond donors (Lipinski definition) is 1. The quantitative estimate of drug-likeness (QED) is 0.920. The first-order chi connectivity index (χ1) is 9.69. The SMILES string of the molecule is CCC1(CO)CCN(C(=O)OCc2ccccc2)CC1. The molecule has 1 fully saturated rings. The highest BCUT2D eigenvalue weighted by molar-refractivity contribution is 5.67. The van der Waals surface area contributed by atoms with Gasteiger partial charge in [0.15, 0.2) is 0 Å². The van der Waals surface area contributed by atoms with E-state index < -0.39 is 0 Å². The molecule has 1 N–H and O–H groups in total. The summed E-state index contributed by atoms with van der Waals surface area (Å²) in [6.07, 6.45) is 2.40. The highest BCUT2D eigenvalue weighted by atomic mass is 16.6. The number of aliphatic hydroxyl groups excluding tert-OH is 1. The summed E-state index contributed by atoms with van der Waals surface area (Å²) in [6, 6.07) is 9.69. The van der Waals surface area contributed by atoms with E-state index in [1.165, 1.54) is 0 Å². The third-order valence-electron chi connectivity index (χ3n) is 4.37. The summed E-state index contributed by atoms with van der Waals surface area (Å²) in [4.78, 5) is 13.7. The lowest BCUT2D eigenvalue weighted by Gasteiger charge is -2.39. The van der Waals surface area contributed by atoms with E-state index in [-0.39, 0.29) is 18.1 Å². The van der Waals surface area contributed by atoms with Gasteiger partial charge in [0.1, 0.15) is 6.61 Å². The molecule has 0 aliphatic carbocycles. The number of carbonyl (C=O) groups excluding carboxylic acids is 1. The van der Waals surface area contributed by atoms with Crippen LogP contribution in [-0.2, 0) is 11.3 Å². The lowest BCUT2D eigenvalue weighted by Crippen LogP contribution is -2.44. The standard InChI is InChI=1S/C16H23NO3/c1-2-16(13-18)8-10-17(11-9-16)15(19)20-12-14-6-4-3-5-7-14/h3-7,18H,2,8-13H2,1H3. The first-order valence-corrected chi connectivity index (χ1v) is 7.25. The number of carbonyl (C=O) groups is 1. The van der Waals surface area contributed by atoms with Crippen molar-refractivity contribution in [3.63, 3.8) is 0 Å². The summed E-state index contributed by atoms with van der Waals surface area (Å²) in [5.74, 6) is 0. The molecule has 0 atom stereocenters. The highest BCUT2D eigenvalue weighted by Crippen LogP contribution is 2.34. The summed E-state index contributed by atoms with van der Waals surface area (Å²) in [7, 11) is 0. The van der Waals surface area contributed by atoms with Crippen LogP contribution in [0.2, 0.25) is 0 Å². The average molecular weight is 277 g/mol. The predicted molar refractivity (Wildman–Crippen MR) is 77.2 cm³/mol. The van der Waals surface area contributed by atoms with Crippen molar-refractivity contribution < 1.29 is 14.6 Å². The Morgan fingerprint density at radius 2 is 1.95 bits per heavy atom. The van der Waals surface area contributed by atoms with E-state index in [1.54, 1.807) is 4.90 Å². The first-order valence-electron chi connectivity index (χ1n) is 7.25. The molecule has 0 spiro atoms. The van der Waals surface area contributed by atoms with Crippen LogP contribution in [0.15, 0.2) is 30.3 Å². The molecule has 0 radical (unpaired) electrons. The molecule has 110 valence electrons. The first kappa shape index (κ1) is 14.9. The molecule has 2 rings (SSSR count). The molecular weight excluding hydrogens is 254 g/mol. The maximum absolute atomic E-state index is 12.0. The Kier molecular flexibility index (Phi) is 5.01. The molecule has 1 saturated heterocycles. The van der Waals surface area contributed by atoms with Crippen molar-refractivity contribution in [2.24, 2.45) is 5.41 Å². The Bertz CT molecular complexity index is 419. The molecule has 0 aromatic heterocycles. The molecule has 1 aromatic carbocycles. The minimum Gasteiger partial charge on any atom is -0.445 e. The molecule has 1 aliphatic rings. The monoisotopic (exact) mass is 277 g/mol. The smallest absolute Gasteiger partial charge is 0.410 e. The zero-order valence-electron chi connectivity index (χ0n) is 12.0. The van der Waals surface area contributed by atoms with Crippen molar-refractivity contribution in [3.05, 3.63) is 35.9 Å². The third-order valence-corrected chi connectivity index (χ3v) is 4.37. The van der Waals surface area contributed by atoms with Crippen LogP contribution in [0.4, 0.5) is 4.79 Å². The largest absolute Gasteiger partial charge is 0.445 e. The normalized spacial score (nSPS) is 17.8. The van der Waals surface area contributed by atoms with Gasteiger partial charge in [-0.1, -0.05) is 37.3 Å². The van der Waals surface area contributed by atoms with Crippen molar-refractivity contribution >= 4 is 6.09 Å². The van der Waals surface area contributed by atoms with Crippen LogP contribution in [0.5, 0.6) is 0 Å². The molecule has 4 nitrogen and oxygen atoms in total. The molecule has 1 aromatic rings. The van der Waals surface area contributed by atoms with Gasteiger partial charge < -0.3 is 14.7 Å². The summed E-state index contributed by atoms with van der Waals surface area (Å²) in [6.45, 7) is 3.95. The Balaban J connectivity index is 1.80. The van der Waals surface area contributed by atoms with Crippen LogP contribution in [-0.4, -0.2) is 35.8 Å². The van der Waals surface area contributed by atoms with E-state index in [0.29, 0.717) is 19.7 Å². The maximum atomic E-state index is 12.0. The minimum atomic E-state index is -0.253. The number of piperidine rings is 1. The second kappa shape index (κ2) is 6.75. The van der Waals surface area contributed by atoms with Gasteiger partial charge in [0.2, 0.25) is 0 Å². The van der Waals surface area contributed by atoms with E-state index >= 15 is 0 Å². The fourth-order valence-corrected chi connectivity index (χ4v) is 2.60. The Morgan fingerprint density at radius 3 is 2.50 bits per heavy atom. The number of amides is 1.